The highest BCUT2D eigenvalue weighted by Crippen LogP contribution is 2.07. The van der Waals surface area contributed by atoms with E-state index in [-0.39, 0.29) is 12.7 Å². The molecule has 0 aromatic rings. The van der Waals surface area contributed by atoms with E-state index < -0.39 is 5.97 Å². The smallest absolute Gasteiger partial charge is 0.334 e. The average Bonchev–Trinajstić information content (AvgIpc) is 2.13. The van der Waals surface area contributed by atoms with Crippen molar-refractivity contribution in [2.24, 2.45) is 5.90 Å². The minimum Gasteiger partial charge on any atom is -0.461 e. The first kappa shape index (κ1) is 13.4. The largest absolute Gasteiger partial charge is 0.461 e. The van der Waals surface area contributed by atoms with Crippen molar-refractivity contribution in [2.75, 3.05) is 6.61 Å². The number of hydrogen-bond donors (Lipinski definition) is 1. The molecule has 0 aromatic carbocycles. The Morgan fingerprint density at radius 3 is 2.64 bits per heavy atom. The van der Waals surface area contributed by atoms with Crippen LogP contribution in [0.15, 0.2) is 0 Å². The number of nitrogens with two attached hydrogens (primary N) is 1. The lowest BCUT2D eigenvalue weighted by Gasteiger charge is -2.12. The maximum atomic E-state index is 10.9. The zero-order valence-electron chi connectivity index (χ0n) is 9.12. The Kier molecular flexibility index (Phi) is 8.57. The highest BCUT2D eigenvalue weighted by atomic mass is 16.6. The van der Waals surface area contributed by atoms with Crippen LogP contribution in [0.25, 0.3) is 0 Å². The van der Waals surface area contributed by atoms with E-state index in [9.17, 15) is 4.79 Å². The summed E-state index contributed by atoms with van der Waals surface area (Å²) in [7, 11) is 0. The van der Waals surface area contributed by atoms with Crippen LogP contribution in [0.3, 0.4) is 0 Å². The fourth-order valence-corrected chi connectivity index (χ4v) is 1.24. The second kappa shape index (κ2) is 8.97. The second-order valence-electron chi connectivity index (χ2n) is 3.46. The molecule has 0 rings (SSSR count). The van der Waals surface area contributed by atoms with Crippen LogP contribution in [0.4, 0.5) is 0 Å². The molecule has 0 saturated heterocycles. The van der Waals surface area contributed by atoms with Crippen molar-refractivity contribution in [1.82, 2.24) is 0 Å². The van der Waals surface area contributed by atoms with Gasteiger partial charge in [-0.3, -0.25) is 4.84 Å². The number of hydrogen-bond acceptors (Lipinski definition) is 4. The van der Waals surface area contributed by atoms with Crippen molar-refractivity contribution in [3.05, 3.63) is 0 Å². The third-order valence-corrected chi connectivity index (χ3v) is 2.00. The first-order chi connectivity index (χ1) is 6.70. The van der Waals surface area contributed by atoms with Gasteiger partial charge in [-0.1, -0.05) is 26.2 Å². The Morgan fingerprint density at radius 2 is 2.07 bits per heavy atom. The summed E-state index contributed by atoms with van der Waals surface area (Å²) in [6.07, 6.45) is 5.64. The summed E-state index contributed by atoms with van der Waals surface area (Å²) in [6, 6.07) is 0. The van der Waals surface area contributed by atoms with Gasteiger partial charge in [-0.05, 0) is 19.8 Å². The molecule has 0 aliphatic carbocycles. The highest BCUT2D eigenvalue weighted by molar-refractivity contribution is 5.70. The molecule has 1 atom stereocenters. The van der Waals surface area contributed by atoms with Gasteiger partial charge in [0, 0.05) is 0 Å². The van der Waals surface area contributed by atoms with E-state index in [1.54, 1.807) is 0 Å². The van der Waals surface area contributed by atoms with E-state index in [4.69, 9.17) is 10.6 Å². The lowest BCUT2D eigenvalue weighted by atomic mass is 10.1. The Labute approximate surface area is 85.7 Å². The van der Waals surface area contributed by atoms with Gasteiger partial charge < -0.3 is 4.74 Å². The molecule has 0 amide bonds. The van der Waals surface area contributed by atoms with Crippen LogP contribution in [0.2, 0.25) is 0 Å². The number of carbonyl (C=O) groups is 1. The van der Waals surface area contributed by atoms with Crippen LogP contribution in [-0.2, 0) is 14.4 Å². The van der Waals surface area contributed by atoms with Crippen molar-refractivity contribution in [3.8, 4) is 0 Å². The molecular formula is C10H21NO3. The summed E-state index contributed by atoms with van der Waals surface area (Å²) in [5.74, 6) is 4.35. The third kappa shape index (κ3) is 8.01. The summed E-state index contributed by atoms with van der Waals surface area (Å²) in [4.78, 5) is 15.1. The van der Waals surface area contributed by atoms with E-state index in [0.717, 1.165) is 12.8 Å². The SMILES string of the molecule is CCCCCCC(C)OC(=O)CON. The fourth-order valence-electron chi connectivity index (χ4n) is 1.24. The molecule has 14 heavy (non-hydrogen) atoms. The van der Waals surface area contributed by atoms with Crippen LogP contribution in [-0.4, -0.2) is 18.7 Å². The molecule has 1 unspecified atom stereocenters. The molecule has 4 nitrogen and oxygen atoms in total. The zero-order valence-corrected chi connectivity index (χ0v) is 9.12. The van der Waals surface area contributed by atoms with Gasteiger partial charge in [0.25, 0.3) is 0 Å². The molecule has 0 aliphatic heterocycles. The number of unbranched alkanes of at least 4 members (excludes halogenated alkanes) is 3. The Balaban J connectivity index is 3.35. The minimum absolute atomic E-state index is 0.0329. The molecule has 0 radical (unpaired) electrons. The fraction of sp³-hybridized carbons (Fsp3) is 0.900. The summed E-state index contributed by atoms with van der Waals surface area (Å²) in [6.45, 7) is 3.89. The van der Waals surface area contributed by atoms with Crippen LogP contribution in [0.5, 0.6) is 0 Å². The minimum atomic E-state index is -0.393. The van der Waals surface area contributed by atoms with E-state index in [2.05, 4.69) is 11.8 Å². The summed E-state index contributed by atoms with van der Waals surface area (Å²) in [5, 5.41) is 0. The normalized spacial score (nSPS) is 12.5. The zero-order chi connectivity index (χ0) is 10.8. The summed E-state index contributed by atoms with van der Waals surface area (Å²) < 4.78 is 5.03. The topological polar surface area (TPSA) is 61.5 Å². The van der Waals surface area contributed by atoms with Crippen molar-refractivity contribution < 1.29 is 14.4 Å². The molecule has 0 fully saturated rings. The van der Waals surface area contributed by atoms with Crippen molar-refractivity contribution in [1.29, 1.82) is 0 Å². The van der Waals surface area contributed by atoms with Gasteiger partial charge in [-0.25, -0.2) is 10.7 Å². The number of ether oxygens (including phenoxy) is 1. The van der Waals surface area contributed by atoms with E-state index in [1.807, 2.05) is 6.92 Å². The molecule has 2 N–H and O–H groups in total. The standard InChI is InChI=1S/C10H21NO3/c1-3-4-5-6-7-9(2)14-10(12)8-13-11/h9H,3-8,11H2,1-2H3. The van der Waals surface area contributed by atoms with E-state index >= 15 is 0 Å². The van der Waals surface area contributed by atoms with E-state index in [1.165, 1.54) is 19.3 Å². The van der Waals surface area contributed by atoms with E-state index in [0.29, 0.717) is 0 Å². The molecule has 84 valence electrons. The van der Waals surface area contributed by atoms with Crippen LogP contribution in [0, 0.1) is 0 Å². The lowest BCUT2D eigenvalue weighted by Crippen LogP contribution is -2.20. The van der Waals surface area contributed by atoms with Gasteiger partial charge in [0.2, 0.25) is 0 Å². The van der Waals surface area contributed by atoms with Gasteiger partial charge in [0.15, 0.2) is 6.61 Å². The van der Waals surface area contributed by atoms with Gasteiger partial charge in [0.05, 0.1) is 6.10 Å². The van der Waals surface area contributed by atoms with Gasteiger partial charge in [-0.2, -0.15) is 0 Å². The predicted molar refractivity (Wildman–Crippen MR) is 54.5 cm³/mol. The van der Waals surface area contributed by atoms with Crippen molar-refractivity contribution >= 4 is 5.97 Å². The maximum Gasteiger partial charge on any atom is 0.334 e. The Hall–Kier alpha value is -0.610. The maximum absolute atomic E-state index is 10.9. The number of carbonyl (C=O) groups excluding carboxylic acids is 1. The summed E-state index contributed by atoms with van der Waals surface area (Å²) in [5.41, 5.74) is 0. The quantitative estimate of drug-likeness (QED) is 0.371. The van der Waals surface area contributed by atoms with Gasteiger partial charge >= 0.3 is 5.97 Å². The Morgan fingerprint density at radius 1 is 1.36 bits per heavy atom. The average molecular weight is 203 g/mol. The molecule has 0 aromatic heterocycles. The lowest BCUT2D eigenvalue weighted by molar-refractivity contribution is -0.154. The summed E-state index contributed by atoms with van der Waals surface area (Å²) >= 11 is 0. The molecule has 0 heterocycles. The second-order valence-corrected chi connectivity index (χ2v) is 3.46. The number of rotatable bonds is 8. The van der Waals surface area contributed by atoms with Crippen LogP contribution in [0.1, 0.15) is 46.0 Å². The first-order valence-electron chi connectivity index (χ1n) is 5.21. The molecule has 0 bridgehead atoms. The molecule has 0 spiro atoms. The highest BCUT2D eigenvalue weighted by Gasteiger charge is 2.08. The molecule has 0 saturated carbocycles. The van der Waals surface area contributed by atoms with Crippen LogP contribution < -0.4 is 5.90 Å². The predicted octanol–water partition coefficient (Wildman–Crippen LogP) is 1.78. The first-order valence-corrected chi connectivity index (χ1v) is 5.21. The number of esters is 1. The van der Waals surface area contributed by atoms with Gasteiger partial charge in [-0.15, -0.1) is 0 Å². The third-order valence-electron chi connectivity index (χ3n) is 2.00. The van der Waals surface area contributed by atoms with Crippen molar-refractivity contribution in [2.45, 2.75) is 52.1 Å². The molecular weight excluding hydrogens is 182 g/mol. The van der Waals surface area contributed by atoms with Gasteiger partial charge in [0.1, 0.15) is 0 Å². The Bertz CT molecular complexity index is 150. The monoisotopic (exact) mass is 203 g/mol. The van der Waals surface area contributed by atoms with Crippen molar-refractivity contribution in [3.63, 3.8) is 0 Å². The molecule has 4 heteroatoms. The van der Waals surface area contributed by atoms with Crippen LogP contribution >= 0.6 is 0 Å². The molecule has 0 aliphatic rings.